The molecule has 0 spiro atoms. The van der Waals surface area contributed by atoms with E-state index >= 15 is 0 Å². The fourth-order valence-electron chi connectivity index (χ4n) is 0.958. The van der Waals surface area contributed by atoms with Crippen LogP contribution in [-0.4, -0.2) is 47.8 Å². The highest BCUT2D eigenvalue weighted by molar-refractivity contribution is 6.71. The monoisotopic (exact) mass is 206 g/mol. The van der Waals surface area contributed by atoms with Gasteiger partial charge in [-0.05, 0) is 13.1 Å². The van der Waals surface area contributed by atoms with E-state index in [-0.39, 0.29) is 0 Å². The molecule has 1 heterocycles. The Morgan fingerprint density at radius 1 is 0.846 bits per heavy atom. The smallest absolute Gasteiger partial charge is 0.215 e. The number of hydrogen-bond acceptors (Lipinski definition) is 4. The van der Waals surface area contributed by atoms with Gasteiger partial charge in [-0.25, -0.2) is 0 Å². The Bertz CT molecular complexity index is 126. The molecule has 1 saturated heterocycles. The lowest BCUT2D eigenvalue weighted by molar-refractivity contribution is -0.0193. The molecular weight excluding hydrogens is 188 g/mol. The van der Waals surface area contributed by atoms with Crippen molar-refractivity contribution in [2.75, 3.05) is 39.5 Å². The molecule has 1 fully saturated rings. The normalized spacial score (nSPS) is 26.3. The number of hydrogen-bond donors (Lipinski definition) is 0. The Morgan fingerprint density at radius 2 is 1.46 bits per heavy atom. The molecule has 0 saturated carbocycles. The highest BCUT2D eigenvalue weighted by Gasteiger charge is 2.23. The van der Waals surface area contributed by atoms with Crippen LogP contribution in [0.5, 0.6) is 0 Å². The van der Waals surface area contributed by atoms with Crippen molar-refractivity contribution in [2.24, 2.45) is 0 Å². The molecule has 13 heavy (non-hydrogen) atoms. The van der Waals surface area contributed by atoms with E-state index < -0.39 is 8.32 Å². The zero-order chi connectivity index (χ0) is 9.57. The summed E-state index contributed by atoms with van der Waals surface area (Å²) in [6.07, 6.45) is 0.708. The Labute approximate surface area is 80.2 Å². The predicted octanol–water partition coefficient (Wildman–Crippen LogP) is 0.768. The summed E-state index contributed by atoms with van der Waals surface area (Å²) < 4.78 is 21.5. The van der Waals surface area contributed by atoms with Crippen LogP contribution in [-0.2, 0) is 18.6 Å². The molecule has 0 aromatic carbocycles. The Hall–Kier alpha value is 0.0569. The third-order valence-corrected chi connectivity index (χ3v) is 3.53. The van der Waals surface area contributed by atoms with Gasteiger partial charge in [0.1, 0.15) is 6.79 Å². The van der Waals surface area contributed by atoms with Crippen molar-refractivity contribution in [1.82, 2.24) is 0 Å². The third kappa shape index (κ3) is 5.38. The van der Waals surface area contributed by atoms with Crippen molar-refractivity contribution >= 4 is 8.32 Å². The fourth-order valence-corrected chi connectivity index (χ4v) is 2.08. The molecule has 0 radical (unpaired) electrons. The highest BCUT2D eigenvalue weighted by Crippen LogP contribution is 2.05. The largest absolute Gasteiger partial charge is 0.393 e. The summed E-state index contributed by atoms with van der Waals surface area (Å²) in [6, 6.07) is 0. The van der Waals surface area contributed by atoms with E-state index in [4.69, 9.17) is 18.6 Å². The minimum absolute atomic E-state index is 0.367. The summed E-state index contributed by atoms with van der Waals surface area (Å²) in [5, 5.41) is 0. The first kappa shape index (κ1) is 11.1. The molecule has 0 aromatic rings. The Kier molecular flexibility index (Phi) is 4.90. The average molecular weight is 206 g/mol. The first-order valence-electron chi connectivity index (χ1n) is 4.58. The van der Waals surface area contributed by atoms with Gasteiger partial charge in [0.05, 0.1) is 32.7 Å². The van der Waals surface area contributed by atoms with E-state index in [0.717, 1.165) is 0 Å². The quantitative estimate of drug-likeness (QED) is 0.549. The summed E-state index contributed by atoms with van der Waals surface area (Å²) >= 11 is 0. The molecule has 0 aromatic heterocycles. The molecule has 0 bridgehead atoms. The topological polar surface area (TPSA) is 36.9 Å². The van der Waals surface area contributed by atoms with Crippen LogP contribution in [0.1, 0.15) is 0 Å². The molecule has 0 amide bonds. The van der Waals surface area contributed by atoms with Crippen LogP contribution in [0.25, 0.3) is 0 Å². The third-order valence-electron chi connectivity index (χ3n) is 1.73. The first-order valence-corrected chi connectivity index (χ1v) is 7.69. The highest BCUT2D eigenvalue weighted by atomic mass is 28.4. The van der Waals surface area contributed by atoms with Crippen LogP contribution in [0.2, 0.25) is 13.1 Å². The SMILES string of the molecule is C[Si]1(C)COCCOCCOCO1. The van der Waals surface area contributed by atoms with Gasteiger partial charge in [-0.15, -0.1) is 0 Å². The van der Waals surface area contributed by atoms with Crippen molar-refractivity contribution in [3.8, 4) is 0 Å². The molecule has 0 aliphatic carbocycles. The van der Waals surface area contributed by atoms with Crippen LogP contribution in [0.4, 0.5) is 0 Å². The van der Waals surface area contributed by atoms with Crippen molar-refractivity contribution < 1.29 is 18.6 Å². The van der Waals surface area contributed by atoms with Crippen LogP contribution in [0.3, 0.4) is 0 Å². The molecule has 78 valence electrons. The minimum Gasteiger partial charge on any atom is -0.393 e. The maximum Gasteiger partial charge on any atom is 0.215 e. The van der Waals surface area contributed by atoms with Crippen LogP contribution in [0.15, 0.2) is 0 Å². The van der Waals surface area contributed by atoms with Gasteiger partial charge in [-0.1, -0.05) is 0 Å². The Balaban J connectivity index is 2.27. The second-order valence-electron chi connectivity index (χ2n) is 3.60. The number of ether oxygens (including phenoxy) is 3. The molecule has 1 rings (SSSR count). The summed E-state index contributed by atoms with van der Waals surface area (Å²) in [6.45, 7) is 7.13. The van der Waals surface area contributed by atoms with Gasteiger partial charge >= 0.3 is 0 Å². The molecular formula is C8H18O4Si. The van der Waals surface area contributed by atoms with Crippen molar-refractivity contribution in [2.45, 2.75) is 13.1 Å². The van der Waals surface area contributed by atoms with E-state index in [1.165, 1.54) is 0 Å². The van der Waals surface area contributed by atoms with Crippen molar-refractivity contribution in [1.29, 1.82) is 0 Å². The first-order chi connectivity index (χ1) is 6.21. The van der Waals surface area contributed by atoms with Crippen LogP contribution in [0, 0.1) is 0 Å². The van der Waals surface area contributed by atoms with Gasteiger partial charge in [-0.3, -0.25) is 0 Å². The lowest BCUT2D eigenvalue weighted by atomic mass is 10.7. The molecule has 0 unspecified atom stereocenters. The molecule has 5 heteroatoms. The van der Waals surface area contributed by atoms with Crippen LogP contribution < -0.4 is 0 Å². The number of rotatable bonds is 0. The fraction of sp³-hybridized carbons (Fsp3) is 1.00. The summed E-state index contributed by atoms with van der Waals surface area (Å²) in [5.41, 5.74) is 0. The average Bonchev–Trinajstić information content (AvgIpc) is 2.10. The predicted molar refractivity (Wildman–Crippen MR) is 51.0 cm³/mol. The summed E-state index contributed by atoms with van der Waals surface area (Å²) in [5.74, 6) is 0. The summed E-state index contributed by atoms with van der Waals surface area (Å²) in [7, 11) is -1.65. The van der Waals surface area contributed by atoms with Gasteiger partial charge in [0.15, 0.2) is 0 Å². The van der Waals surface area contributed by atoms with Gasteiger partial charge in [0.2, 0.25) is 8.32 Å². The van der Waals surface area contributed by atoms with Crippen molar-refractivity contribution in [3.05, 3.63) is 0 Å². The van der Waals surface area contributed by atoms with Gasteiger partial charge in [0.25, 0.3) is 0 Å². The van der Waals surface area contributed by atoms with E-state index in [1.54, 1.807) is 0 Å². The molecule has 0 atom stereocenters. The van der Waals surface area contributed by atoms with E-state index in [1.807, 2.05) is 0 Å². The maximum absolute atomic E-state index is 5.60. The van der Waals surface area contributed by atoms with Gasteiger partial charge in [-0.2, -0.15) is 0 Å². The van der Waals surface area contributed by atoms with Crippen LogP contribution >= 0.6 is 0 Å². The molecule has 1 aliphatic rings. The second kappa shape index (κ2) is 5.72. The van der Waals surface area contributed by atoms with Gasteiger partial charge in [0, 0.05) is 0 Å². The minimum atomic E-state index is -1.65. The zero-order valence-corrected chi connectivity index (χ0v) is 9.38. The van der Waals surface area contributed by atoms with E-state index in [2.05, 4.69) is 13.1 Å². The van der Waals surface area contributed by atoms with E-state index in [9.17, 15) is 0 Å². The second-order valence-corrected chi connectivity index (χ2v) is 7.69. The van der Waals surface area contributed by atoms with Crippen molar-refractivity contribution in [3.63, 3.8) is 0 Å². The standard InChI is InChI=1S/C8H18O4Si/c1-13(2)8-11-6-4-9-3-5-10-7-12-13/h3-8H2,1-2H3. The zero-order valence-electron chi connectivity index (χ0n) is 8.38. The van der Waals surface area contributed by atoms with E-state index in [0.29, 0.717) is 39.5 Å². The lowest BCUT2D eigenvalue weighted by Crippen LogP contribution is -2.38. The van der Waals surface area contributed by atoms with Gasteiger partial charge < -0.3 is 18.6 Å². The Morgan fingerprint density at radius 3 is 2.23 bits per heavy atom. The summed E-state index contributed by atoms with van der Waals surface area (Å²) in [4.78, 5) is 0. The maximum atomic E-state index is 5.60. The molecule has 4 nitrogen and oxygen atoms in total. The lowest BCUT2D eigenvalue weighted by Gasteiger charge is -2.21. The molecule has 0 N–H and O–H groups in total. The molecule has 1 aliphatic heterocycles.